The predicted octanol–water partition coefficient (Wildman–Crippen LogP) is -1.29. The second-order valence-electron chi connectivity index (χ2n) is 2.72. The van der Waals surface area contributed by atoms with Crippen molar-refractivity contribution in [1.29, 1.82) is 0 Å². The fraction of sp³-hybridized carbons (Fsp3) is 0.857. The van der Waals surface area contributed by atoms with Crippen LogP contribution in [0.4, 0.5) is 0 Å². The van der Waals surface area contributed by atoms with E-state index in [2.05, 4.69) is 4.74 Å². The van der Waals surface area contributed by atoms with Gasteiger partial charge >= 0.3 is 5.97 Å². The van der Waals surface area contributed by atoms with E-state index in [0.717, 1.165) is 0 Å². The molecule has 0 saturated carbocycles. The van der Waals surface area contributed by atoms with Crippen LogP contribution in [0.1, 0.15) is 13.8 Å². The van der Waals surface area contributed by atoms with E-state index in [-0.39, 0.29) is 18.0 Å². The molecule has 0 bridgehead atoms. The Morgan fingerprint density at radius 1 is 1.50 bits per heavy atom. The highest BCUT2D eigenvalue weighted by Crippen LogP contribution is 1.95. The molecule has 0 saturated heterocycles. The monoisotopic (exact) mass is 180 g/mol. The van der Waals surface area contributed by atoms with Gasteiger partial charge in [-0.3, -0.25) is 0 Å². The van der Waals surface area contributed by atoms with Crippen molar-refractivity contribution in [2.75, 3.05) is 13.2 Å². The standard InChI is InChI=1S/C7H14O4.H2O/c1-5(2)4-11-7(10)6(9)3-8;/h5-6,8-9H,3-4H2,1-2H3;1H2. The molecule has 5 nitrogen and oxygen atoms in total. The van der Waals surface area contributed by atoms with Crippen LogP contribution < -0.4 is 0 Å². The van der Waals surface area contributed by atoms with Crippen LogP contribution in [0.25, 0.3) is 0 Å². The summed E-state index contributed by atoms with van der Waals surface area (Å²) < 4.78 is 4.61. The summed E-state index contributed by atoms with van der Waals surface area (Å²) in [6.07, 6.45) is -1.39. The summed E-state index contributed by atoms with van der Waals surface area (Å²) in [5, 5.41) is 17.0. The Kier molecular flexibility index (Phi) is 8.14. The van der Waals surface area contributed by atoms with Crippen LogP contribution in [0.15, 0.2) is 0 Å². The van der Waals surface area contributed by atoms with E-state index in [9.17, 15) is 4.79 Å². The number of aliphatic hydroxyl groups excluding tert-OH is 2. The molecule has 0 aromatic rings. The molecule has 0 spiro atoms. The van der Waals surface area contributed by atoms with Gasteiger partial charge in [0.25, 0.3) is 0 Å². The van der Waals surface area contributed by atoms with Gasteiger partial charge in [0.2, 0.25) is 0 Å². The van der Waals surface area contributed by atoms with Crippen molar-refractivity contribution in [3.63, 3.8) is 0 Å². The second-order valence-corrected chi connectivity index (χ2v) is 2.72. The number of carbonyl (C=O) groups excluding carboxylic acids is 1. The average molecular weight is 180 g/mol. The zero-order chi connectivity index (χ0) is 8.85. The van der Waals surface area contributed by atoms with Crippen molar-refractivity contribution in [1.82, 2.24) is 0 Å². The number of carbonyl (C=O) groups is 1. The third kappa shape index (κ3) is 6.09. The number of rotatable bonds is 4. The zero-order valence-electron chi connectivity index (χ0n) is 7.28. The summed E-state index contributed by atoms with van der Waals surface area (Å²) in [6, 6.07) is 0. The first-order chi connectivity index (χ1) is 5.07. The van der Waals surface area contributed by atoms with Gasteiger partial charge in [-0.05, 0) is 5.92 Å². The molecule has 0 aliphatic heterocycles. The second kappa shape index (κ2) is 7.02. The van der Waals surface area contributed by atoms with Gasteiger partial charge in [-0.25, -0.2) is 4.79 Å². The van der Waals surface area contributed by atoms with Crippen LogP contribution in [0, 0.1) is 5.92 Å². The maximum absolute atomic E-state index is 10.6. The van der Waals surface area contributed by atoms with Gasteiger partial charge in [0.15, 0.2) is 6.10 Å². The molecule has 0 aliphatic rings. The lowest BCUT2D eigenvalue weighted by atomic mass is 10.2. The molecule has 0 heterocycles. The predicted molar refractivity (Wildman–Crippen MR) is 42.5 cm³/mol. The van der Waals surface area contributed by atoms with Gasteiger partial charge in [0, 0.05) is 0 Å². The van der Waals surface area contributed by atoms with Crippen LogP contribution in [-0.2, 0) is 9.53 Å². The minimum absolute atomic E-state index is 0. The highest BCUT2D eigenvalue weighted by atomic mass is 16.5. The Morgan fingerprint density at radius 3 is 2.33 bits per heavy atom. The molecule has 1 unspecified atom stereocenters. The summed E-state index contributed by atoms with van der Waals surface area (Å²) in [5.41, 5.74) is 0. The van der Waals surface area contributed by atoms with Crippen LogP contribution in [0.3, 0.4) is 0 Å². The molecule has 0 aliphatic carbocycles. The molecule has 74 valence electrons. The largest absolute Gasteiger partial charge is 0.463 e. The van der Waals surface area contributed by atoms with E-state index >= 15 is 0 Å². The Labute approximate surface area is 71.3 Å². The first-order valence-electron chi connectivity index (χ1n) is 3.53. The molecule has 12 heavy (non-hydrogen) atoms. The molecule has 0 aromatic heterocycles. The summed E-state index contributed by atoms with van der Waals surface area (Å²) >= 11 is 0. The highest BCUT2D eigenvalue weighted by Gasteiger charge is 2.14. The van der Waals surface area contributed by atoms with E-state index in [1.807, 2.05) is 13.8 Å². The normalized spacial score (nSPS) is 12.1. The third-order valence-corrected chi connectivity index (χ3v) is 1.00. The van der Waals surface area contributed by atoms with Gasteiger partial charge in [0.1, 0.15) is 0 Å². The lowest BCUT2D eigenvalue weighted by Crippen LogP contribution is -2.27. The summed E-state index contributed by atoms with van der Waals surface area (Å²) in [7, 11) is 0. The summed E-state index contributed by atoms with van der Waals surface area (Å²) in [6.45, 7) is 3.46. The van der Waals surface area contributed by atoms with Gasteiger partial charge in [-0.2, -0.15) is 0 Å². The van der Waals surface area contributed by atoms with Crippen molar-refractivity contribution in [2.24, 2.45) is 5.92 Å². The van der Waals surface area contributed by atoms with Crippen LogP contribution >= 0.6 is 0 Å². The lowest BCUT2D eigenvalue weighted by Gasteiger charge is -2.09. The number of ether oxygens (including phenoxy) is 1. The van der Waals surface area contributed by atoms with Crippen molar-refractivity contribution in [3.05, 3.63) is 0 Å². The molecule has 1 atom stereocenters. The fourth-order valence-corrected chi connectivity index (χ4v) is 0.420. The van der Waals surface area contributed by atoms with Crippen LogP contribution in [0.2, 0.25) is 0 Å². The van der Waals surface area contributed by atoms with E-state index in [1.165, 1.54) is 0 Å². The topological polar surface area (TPSA) is 98.3 Å². The molecule has 0 aromatic carbocycles. The maximum atomic E-state index is 10.6. The minimum atomic E-state index is -1.39. The molecular formula is C7H16O5. The number of hydrogen-bond donors (Lipinski definition) is 2. The molecule has 0 amide bonds. The van der Waals surface area contributed by atoms with Gasteiger partial charge in [0.05, 0.1) is 13.2 Å². The van der Waals surface area contributed by atoms with Gasteiger partial charge in [-0.1, -0.05) is 13.8 Å². The van der Waals surface area contributed by atoms with Crippen molar-refractivity contribution >= 4 is 5.97 Å². The van der Waals surface area contributed by atoms with E-state index < -0.39 is 18.7 Å². The first-order valence-corrected chi connectivity index (χ1v) is 3.53. The van der Waals surface area contributed by atoms with Gasteiger partial charge in [-0.15, -0.1) is 0 Å². The molecule has 0 fully saturated rings. The quantitative estimate of drug-likeness (QED) is 0.526. The third-order valence-electron chi connectivity index (χ3n) is 1.00. The summed E-state index contributed by atoms with van der Waals surface area (Å²) in [5.74, 6) is -0.522. The average Bonchev–Trinajstić information content (AvgIpc) is 1.98. The molecule has 5 heteroatoms. The smallest absolute Gasteiger partial charge is 0.337 e. The highest BCUT2D eigenvalue weighted by molar-refractivity contribution is 5.74. The van der Waals surface area contributed by atoms with Crippen molar-refractivity contribution in [3.8, 4) is 0 Å². The van der Waals surface area contributed by atoms with Crippen molar-refractivity contribution in [2.45, 2.75) is 20.0 Å². The SMILES string of the molecule is CC(C)COC(=O)C(O)CO.O. The minimum Gasteiger partial charge on any atom is -0.463 e. The van der Waals surface area contributed by atoms with Gasteiger partial charge < -0.3 is 20.4 Å². The molecular weight excluding hydrogens is 164 g/mol. The first kappa shape index (κ1) is 13.9. The van der Waals surface area contributed by atoms with E-state index in [1.54, 1.807) is 0 Å². The Bertz CT molecular complexity index is 123. The van der Waals surface area contributed by atoms with E-state index in [4.69, 9.17) is 10.2 Å². The van der Waals surface area contributed by atoms with E-state index in [0.29, 0.717) is 0 Å². The Balaban J connectivity index is 0. The molecule has 0 rings (SSSR count). The van der Waals surface area contributed by atoms with Crippen LogP contribution in [0.5, 0.6) is 0 Å². The number of esters is 1. The number of hydrogen-bond acceptors (Lipinski definition) is 4. The lowest BCUT2D eigenvalue weighted by molar-refractivity contribution is -0.156. The van der Waals surface area contributed by atoms with Crippen LogP contribution in [-0.4, -0.2) is 41.0 Å². The Hall–Kier alpha value is -0.650. The summed E-state index contributed by atoms with van der Waals surface area (Å²) in [4.78, 5) is 10.6. The van der Waals surface area contributed by atoms with Crippen molar-refractivity contribution < 1.29 is 25.2 Å². The maximum Gasteiger partial charge on any atom is 0.337 e. The molecule has 4 N–H and O–H groups in total. The molecule has 0 radical (unpaired) electrons. The fourth-order valence-electron chi connectivity index (χ4n) is 0.420. The zero-order valence-corrected chi connectivity index (χ0v) is 7.28. The number of aliphatic hydroxyl groups is 2. The Morgan fingerprint density at radius 2 is 2.00 bits per heavy atom.